The van der Waals surface area contributed by atoms with Crippen molar-refractivity contribution in [2.45, 2.75) is 4.90 Å². The Hall–Kier alpha value is -4.60. The fraction of sp³-hybridized carbons (Fsp3) is 0.0870. The lowest BCUT2D eigenvalue weighted by Crippen LogP contribution is -2.18. The molecule has 4 rings (SSSR count). The van der Waals surface area contributed by atoms with Gasteiger partial charge in [-0.05, 0) is 24.3 Å². The molecule has 196 valence electrons. The highest BCUT2D eigenvalue weighted by Gasteiger charge is 2.21. The van der Waals surface area contributed by atoms with E-state index in [4.69, 9.17) is 14.6 Å². The molecule has 4 aromatic rings. The Morgan fingerprint density at radius 2 is 1.82 bits per heavy atom. The van der Waals surface area contributed by atoms with Crippen LogP contribution in [0.2, 0.25) is 0 Å². The fourth-order valence-corrected chi connectivity index (χ4v) is 5.13. The van der Waals surface area contributed by atoms with Crippen LogP contribution in [0, 0.1) is 10.1 Å². The van der Waals surface area contributed by atoms with Crippen molar-refractivity contribution in [1.82, 2.24) is 9.97 Å². The predicted molar refractivity (Wildman–Crippen MR) is 141 cm³/mol. The predicted octanol–water partition coefficient (Wildman–Crippen LogP) is 4.09. The molecule has 0 aliphatic carbocycles. The number of benzene rings is 2. The van der Waals surface area contributed by atoms with Crippen LogP contribution in [0.15, 0.2) is 65.8 Å². The third kappa shape index (κ3) is 5.86. The number of carbonyl (C=O) groups excluding carboxylic acids is 1. The highest BCUT2D eigenvalue weighted by atomic mass is 32.2. The molecule has 0 aliphatic heterocycles. The van der Waals surface area contributed by atoms with Gasteiger partial charge in [0.05, 0.1) is 33.7 Å². The molecule has 0 spiro atoms. The van der Waals surface area contributed by atoms with Crippen LogP contribution in [0.3, 0.4) is 0 Å². The molecule has 15 heteroatoms. The number of hydrogen-bond acceptors (Lipinski definition) is 11. The number of methoxy groups -OCH3 is 1. The van der Waals surface area contributed by atoms with Crippen molar-refractivity contribution in [3.63, 3.8) is 0 Å². The van der Waals surface area contributed by atoms with Gasteiger partial charge in [-0.1, -0.05) is 6.07 Å². The summed E-state index contributed by atoms with van der Waals surface area (Å²) in [5.41, 5.74) is 1.43. The molecule has 0 bridgehead atoms. The number of non-ortho nitro benzene ring substituents is 1. The molecule has 0 aliphatic rings. The maximum atomic E-state index is 12.4. The third-order valence-corrected chi connectivity index (χ3v) is 7.12. The molecule has 0 fully saturated rings. The zero-order valence-electron chi connectivity index (χ0n) is 19.9. The van der Waals surface area contributed by atoms with Gasteiger partial charge in [-0.3, -0.25) is 15.4 Å². The number of ether oxygens (including phenoxy) is 2. The minimum atomic E-state index is -4.21. The molecule has 0 unspecified atom stereocenters. The number of nitrogens with zero attached hydrogens (tertiary/aromatic N) is 3. The van der Waals surface area contributed by atoms with Gasteiger partial charge in [-0.15, -0.1) is 11.3 Å². The number of nitro groups is 1. The number of primary sulfonamides is 1. The van der Waals surface area contributed by atoms with Crippen LogP contribution in [0.25, 0.3) is 21.1 Å². The maximum absolute atomic E-state index is 12.4. The van der Waals surface area contributed by atoms with Gasteiger partial charge < -0.3 is 14.8 Å². The van der Waals surface area contributed by atoms with Gasteiger partial charge in [0.1, 0.15) is 22.2 Å². The Morgan fingerprint density at radius 3 is 2.45 bits per heavy atom. The zero-order chi connectivity index (χ0) is 27.4. The van der Waals surface area contributed by atoms with E-state index in [1.165, 1.54) is 67.1 Å². The molecule has 2 heterocycles. The van der Waals surface area contributed by atoms with Crippen molar-refractivity contribution < 1.29 is 27.6 Å². The molecule has 13 nitrogen and oxygen atoms in total. The molecular formula is C23H20N6O7S2. The largest absolute Gasteiger partial charge is 0.494 e. The number of rotatable bonds is 8. The second-order valence-corrected chi connectivity index (χ2v) is 10.1. The Kier molecular flexibility index (Phi) is 7.52. The molecule has 4 N–H and O–H groups in total. The summed E-state index contributed by atoms with van der Waals surface area (Å²) < 4.78 is 35.3. The van der Waals surface area contributed by atoms with Crippen LogP contribution in [0.4, 0.5) is 21.9 Å². The minimum absolute atomic E-state index is 0.0559. The number of aromatic nitrogens is 2. The molecule has 2 aromatic heterocycles. The number of anilines is 2. The van der Waals surface area contributed by atoms with Crippen molar-refractivity contribution in [1.29, 1.82) is 0 Å². The number of pyridine rings is 1. The summed E-state index contributed by atoms with van der Waals surface area (Å²) in [6.45, 7) is 0. The minimum Gasteiger partial charge on any atom is -0.494 e. The Labute approximate surface area is 220 Å². The van der Waals surface area contributed by atoms with Crippen LogP contribution in [-0.2, 0) is 10.0 Å². The SMILES string of the molecule is CNc1cnc(-c2ncc(-c3ccc(NC(=O)Oc4ccc([N+](=O)[O-])cc4)cc3S(N)(=O)=O)s2)c(OC)c1. The summed E-state index contributed by atoms with van der Waals surface area (Å²) in [6, 6.07) is 10.8. The van der Waals surface area contributed by atoms with E-state index in [1.54, 1.807) is 19.3 Å². The standard InChI is InChI=1S/C23H20N6O7S2/c1-25-14-9-18(35-2)21(26-11-14)22-27-12-19(37-22)17-8-3-13(10-20(17)38(24,33)34)28-23(30)36-16-6-4-15(5-7-16)29(31)32/h3-12,25H,1-2H3,(H,28,30)(H2,24,33,34). The van der Waals surface area contributed by atoms with Gasteiger partial charge in [0.2, 0.25) is 10.0 Å². The highest BCUT2D eigenvalue weighted by molar-refractivity contribution is 7.89. The second-order valence-electron chi connectivity index (χ2n) is 7.58. The zero-order valence-corrected chi connectivity index (χ0v) is 21.5. The summed E-state index contributed by atoms with van der Waals surface area (Å²) in [5, 5.41) is 22.1. The maximum Gasteiger partial charge on any atom is 0.417 e. The fourth-order valence-electron chi connectivity index (χ4n) is 3.33. The molecule has 0 saturated carbocycles. The lowest BCUT2D eigenvalue weighted by molar-refractivity contribution is -0.384. The average molecular weight is 557 g/mol. The van der Waals surface area contributed by atoms with Gasteiger partial charge in [0.25, 0.3) is 5.69 Å². The van der Waals surface area contributed by atoms with Crippen molar-refractivity contribution in [3.8, 4) is 32.6 Å². The van der Waals surface area contributed by atoms with Crippen LogP contribution >= 0.6 is 11.3 Å². The molecule has 38 heavy (non-hydrogen) atoms. The number of amides is 1. The number of thiazole rings is 1. The first-order valence-corrected chi connectivity index (χ1v) is 13.0. The normalized spacial score (nSPS) is 11.0. The van der Waals surface area contributed by atoms with E-state index >= 15 is 0 Å². The molecule has 0 saturated heterocycles. The van der Waals surface area contributed by atoms with E-state index in [0.29, 0.717) is 21.3 Å². The van der Waals surface area contributed by atoms with Crippen LogP contribution in [-0.4, -0.2) is 43.6 Å². The van der Waals surface area contributed by atoms with Crippen molar-refractivity contribution in [3.05, 3.63) is 71.0 Å². The number of hydrogen-bond donors (Lipinski definition) is 3. The summed E-state index contributed by atoms with van der Waals surface area (Å²) in [6.07, 6.45) is 2.17. The van der Waals surface area contributed by atoms with Crippen LogP contribution in [0.1, 0.15) is 0 Å². The Morgan fingerprint density at radius 1 is 1.08 bits per heavy atom. The highest BCUT2D eigenvalue weighted by Crippen LogP contribution is 2.38. The number of nitrogens with one attached hydrogen (secondary N) is 2. The van der Waals surface area contributed by atoms with Crippen LogP contribution < -0.4 is 25.2 Å². The number of nitro benzene ring substituents is 1. The van der Waals surface area contributed by atoms with E-state index in [1.807, 2.05) is 0 Å². The second kappa shape index (κ2) is 10.8. The monoisotopic (exact) mass is 556 g/mol. The lowest BCUT2D eigenvalue weighted by Gasteiger charge is -2.11. The first kappa shape index (κ1) is 26.5. The van der Waals surface area contributed by atoms with Crippen LogP contribution in [0.5, 0.6) is 11.5 Å². The first-order valence-electron chi connectivity index (χ1n) is 10.7. The van der Waals surface area contributed by atoms with Gasteiger partial charge in [0, 0.05) is 42.7 Å². The van der Waals surface area contributed by atoms with Gasteiger partial charge in [-0.25, -0.2) is 28.3 Å². The van der Waals surface area contributed by atoms with Gasteiger partial charge >= 0.3 is 6.09 Å². The number of carbonyl (C=O) groups is 1. The van der Waals surface area contributed by atoms with Crippen molar-refractivity contribution in [2.24, 2.45) is 5.14 Å². The molecular weight excluding hydrogens is 536 g/mol. The Bertz CT molecular complexity index is 1620. The van der Waals surface area contributed by atoms with Crippen molar-refractivity contribution >= 4 is 44.5 Å². The van der Waals surface area contributed by atoms with E-state index < -0.39 is 21.0 Å². The smallest absolute Gasteiger partial charge is 0.417 e. The van der Waals surface area contributed by atoms with E-state index in [-0.39, 0.29) is 27.6 Å². The molecule has 0 radical (unpaired) electrons. The third-order valence-electron chi connectivity index (χ3n) is 5.13. The molecule has 1 amide bonds. The van der Waals surface area contributed by atoms with Crippen molar-refractivity contribution in [2.75, 3.05) is 24.8 Å². The summed E-state index contributed by atoms with van der Waals surface area (Å²) in [5.74, 6) is 0.538. The average Bonchev–Trinajstić information content (AvgIpc) is 3.38. The summed E-state index contributed by atoms with van der Waals surface area (Å²) in [4.78, 5) is 31.5. The molecule has 0 atom stereocenters. The van der Waals surface area contributed by atoms with Gasteiger partial charge in [-0.2, -0.15) is 0 Å². The first-order chi connectivity index (χ1) is 18.1. The molecule has 2 aromatic carbocycles. The summed E-state index contributed by atoms with van der Waals surface area (Å²) >= 11 is 1.18. The van der Waals surface area contributed by atoms with E-state index in [9.17, 15) is 23.3 Å². The van der Waals surface area contributed by atoms with E-state index in [0.717, 1.165) is 5.69 Å². The number of sulfonamides is 1. The van der Waals surface area contributed by atoms with Gasteiger partial charge in [0.15, 0.2) is 0 Å². The summed E-state index contributed by atoms with van der Waals surface area (Å²) in [7, 11) is -0.958. The Balaban J connectivity index is 1.60. The topological polar surface area (TPSA) is 189 Å². The lowest BCUT2D eigenvalue weighted by atomic mass is 10.2. The van der Waals surface area contributed by atoms with E-state index in [2.05, 4.69) is 20.6 Å². The quantitative estimate of drug-likeness (QED) is 0.210. The number of nitrogens with two attached hydrogens (primary N) is 1.